The van der Waals surface area contributed by atoms with Gasteiger partial charge in [0.05, 0.1) is 39.3 Å². The molecule has 4 rings (SSSR count). The van der Waals surface area contributed by atoms with Crippen LogP contribution in [0.25, 0.3) is 0 Å². The Balaban J connectivity index is 1.88. The molecule has 0 saturated heterocycles. The first-order valence-corrected chi connectivity index (χ1v) is 11.7. The highest BCUT2D eigenvalue weighted by Crippen LogP contribution is 2.44. The Kier molecular flexibility index (Phi) is 6.38. The summed E-state index contributed by atoms with van der Waals surface area (Å²) in [5, 5.41) is 12.0. The van der Waals surface area contributed by atoms with Crippen molar-refractivity contribution < 1.29 is 19.4 Å². The maximum absolute atomic E-state index is 13.7. The van der Waals surface area contributed by atoms with E-state index in [9.17, 15) is 14.7 Å². The van der Waals surface area contributed by atoms with Gasteiger partial charge in [-0.15, -0.1) is 11.3 Å². The highest BCUT2D eigenvalue weighted by atomic mass is 35.5. The molecule has 0 spiro atoms. The van der Waals surface area contributed by atoms with Crippen LogP contribution in [0, 0.1) is 13.8 Å². The lowest BCUT2D eigenvalue weighted by molar-refractivity contribution is -0.117. The average molecular weight is 498 g/mol. The van der Waals surface area contributed by atoms with Crippen LogP contribution < -0.4 is 14.5 Å². The van der Waals surface area contributed by atoms with E-state index in [1.54, 1.807) is 25.1 Å². The number of amides is 1. The summed E-state index contributed by atoms with van der Waals surface area (Å²) in [5.41, 5.74) is 2.65. The van der Waals surface area contributed by atoms with Crippen LogP contribution in [0.15, 0.2) is 53.8 Å². The summed E-state index contributed by atoms with van der Waals surface area (Å²) in [6.45, 7) is 3.55. The Morgan fingerprint density at radius 2 is 1.85 bits per heavy atom. The summed E-state index contributed by atoms with van der Waals surface area (Å²) in [6, 6.07) is 11.6. The van der Waals surface area contributed by atoms with E-state index in [1.165, 1.54) is 23.3 Å². The van der Waals surface area contributed by atoms with Crippen molar-refractivity contribution in [1.29, 1.82) is 0 Å². The van der Waals surface area contributed by atoms with E-state index < -0.39 is 23.5 Å². The Bertz CT molecular complexity index is 1310. The van der Waals surface area contributed by atoms with Gasteiger partial charge in [-0.2, -0.15) is 0 Å². The molecule has 1 atom stereocenters. The average Bonchev–Trinajstić information content (AvgIpc) is 3.28. The lowest BCUT2D eigenvalue weighted by Crippen LogP contribution is -2.31. The number of halogens is 1. The van der Waals surface area contributed by atoms with Gasteiger partial charge in [-0.3, -0.25) is 14.5 Å². The Morgan fingerprint density at radius 1 is 1.18 bits per heavy atom. The first kappa shape index (κ1) is 23.8. The number of aliphatic hydroxyl groups excluding tert-OH is 1. The van der Waals surface area contributed by atoms with Gasteiger partial charge < -0.3 is 14.7 Å². The van der Waals surface area contributed by atoms with Crippen molar-refractivity contribution in [3.8, 4) is 5.75 Å². The molecule has 0 fully saturated rings. The molecule has 34 heavy (non-hydrogen) atoms. The van der Waals surface area contributed by atoms with Gasteiger partial charge in [-0.05, 0) is 49.7 Å². The number of anilines is 2. The topological polar surface area (TPSA) is 83.0 Å². The summed E-state index contributed by atoms with van der Waals surface area (Å²) in [5.74, 6) is -1.22. The number of aliphatic hydroxyl groups is 1. The van der Waals surface area contributed by atoms with E-state index in [4.69, 9.17) is 16.3 Å². The fraction of sp³-hybridized carbons (Fsp3) is 0.240. The number of nitrogens with zero attached hydrogens (tertiary/aromatic N) is 3. The van der Waals surface area contributed by atoms with E-state index >= 15 is 0 Å². The van der Waals surface area contributed by atoms with Gasteiger partial charge in [0, 0.05) is 25.5 Å². The number of carbonyl (C=O) groups excluding carboxylic acids is 2. The normalized spacial score (nSPS) is 15.8. The number of Topliss-reactive ketones (excluding diaryl/α,β-unsaturated/α-hetero) is 1. The molecule has 1 aromatic heterocycles. The van der Waals surface area contributed by atoms with Crippen LogP contribution in [-0.4, -0.2) is 43.0 Å². The predicted molar refractivity (Wildman–Crippen MR) is 135 cm³/mol. The zero-order chi connectivity index (χ0) is 24.7. The van der Waals surface area contributed by atoms with Crippen LogP contribution in [0.3, 0.4) is 0 Å². The van der Waals surface area contributed by atoms with Crippen LogP contribution in [0.5, 0.6) is 5.75 Å². The van der Waals surface area contributed by atoms with Crippen LogP contribution in [0.4, 0.5) is 11.4 Å². The number of benzene rings is 2. The van der Waals surface area contributed by atoms with Crippen molar-refractivity contribution in [2.24, 2.45) is 0 Å². The van der Waals surface area contributed by atoms with Gasteiger partial charge in [0.25, 0.3) is 5.91 Å². The molecule has 9 heteroatoms. The molecule has 1 amide bonds. The SMILES string of the molecule is COc1ccc(N2C(=O)C(O)=C(C(=O)c3sc(C)nc3C)C2c2ccc(N(C)C)cc2)cc1Cl. The Labute approximate surface area is 206 Å². The zero-order valence-corrected chi connectivity index (χ0v) is 21.0. The lowest BCUT2D eigenvalue weighted by atomic mass is 9.94. The summed E-state index contributed by atoms with van der Waals surface area (Å²) in [7, 11) is 5.35. The monoisotopic (exact) mass is 497 g/mol. The molecule has 176 valence electrons. The molecule has 1 aliphatic heterocycles. The summed E-state index contributed by atoms with van der Waals surface area (Å²) in [6.07, 6.45) is 0. The molecule has 0 saturated carbocycles. The Hall–Kier alpha value is -3.36. The third kappa shape index (κ3) is 4.03. The smallest absolute Gasteiger partial charge is 0.294 e. The summed E-state index contributed by atoms with van der Waals surface area (Å²) < 4.78 is 5.23. The van der Waals surface area contributed by atoms with E-state index in [0.717, 1.165) is 10.7 Å². The van der Waals surface area contributed by atoms with Gasteiger partial charge in [-0.25, -0.2) is 4.98 Å². The van der Waals surface area contributed by atoms with E-state index in [0.29, 0.717) is 32.6 Å². The Morgan fingerprint density at radius 3 is 2.38 bits per heavy atom. The second-order valence-electron chi connectivity index (χ2n) is 8.12. The van der Waals surface area contributed by atoms with Crippen LogP contribution in [-0.2, 0) is 4.79 Å². The molecule has 7 nitrogen and oxygen atoms in total. The quantitative estimate of drug-likeness (QED) is 0.467. The molecule has 0 bridgehead atoms. The maximum atomic E-state index is 13.7. The molecule has 1 N–H and O–H groups in total. The summed E-state index contributed by atoms with van der Waals surface area (Å²) >= 11 is 7.58. The number of hydrogen-bond acceptors (Lipinski definition) is 7. The third-order valence-electron chi connectivity index (χ3n) is 5.70. The first-order valence-electron chi connectivity index (χ1n) is 10.5. The molecule has 0 aliphatic carbocycles. The molecular weight excluding hydrogens is 474 g/mol. The van der Waals surface area contributed by atoms with Crippen molar-refractivity contribution in [2.45, 2.75) is 19.9 Å². The van der Waals surface area contributed by atoms with Crippen molar-refractivity contribution in [3.63, 3.8) is 0 Å². The minimum Gasteiger partial charge on any atom is -0.503 e. The molecular formula is C25H24ClN3O4S. The van der Waals surface area contributed by atoms with Crippen molar-refractivity contribution in [2.75, 3.05) is 31.0 Å². The first-order chi connectivity index (χ1) is 16.1. The molecule has 3 aromatic rings. The largest absolute Gasteiger partial charge is 0.503 e. The van der Waals surface area contributed by atoms with Crippen LogP contribution >= 0.6 is 22.9 Å². The fourth-order valence-corrected chi connectivity index (χ4v) is 5.17. The minimum absolute atomic E-state index is 0.0151. The number of ketones is 1. The second-order valence-corrected chi connectivity index (χ2v) is 9.73. The minimum atomic E-state index is -0.845. The third-order valence-corrected chi connectivity index (χ3v) is 7.07. The van der Waals surface area contributed by atoms with E-state index in [-0.39, 0.29) is 5.57 Å². The lowest BCUT2D eigenvalue weighted by Gasteiger charge is -2.27. The number of methoxy groups -OCH3 is 1. The van der Waals surface area contributed by atoms with Gasteiger partial charge in [-0.1, -0.05) is 23.7 Å². The van der Waals surface area contributed by atoms with Crippen LogP contribution in [0.2, 0.25) is 5.02 Å². The maximum Gasteiger partial charge on any atom is 0.294 e. The number of aryl methyl sites for hydroxylation is 2. The molecule has 1 unspecified atom stereocenters. The van der Waals surface area contributed by atoms with Crippen molar-refractivity contribution in [1.82, 2.24) is 4.98 Å². The standard InChI is InChI=1S/C25H24ClN3O4S/c1-13-24(34-14(2)27-13)22(30)20-21(15-6-8-16(9-7-15)28(3)4)29(25(32)23(20)31)17-10-11-19(33-5)18(26)12-17/h6-12,21,31H,1-5H3. The van der Waals surface area contributed by atoms with E-state index in [1.807, 2.05) is 50.2 Å². The van der Waals surface area contributed by atoms with Gasteiger partial charge in [0.1, 0.15) is 5.75 Å². The molecule has 0 radical (unpaired) electrons. The molecule has 2 aromatic carbocycles. The zero-order valence-electron chi connectivity index (χ0n) is 19.4. The summed E-state index contributed by atoms with van der Waals surface area (Å²) in [4.78, 5) is 35.1. The fourth-order valence-electron chi connectivity index (χ4n) is 4.04. The van der Waals surface area contributed by atoms with Crippen molar-refractivity contribution in [3.05, 3.63) is 80.0 Å². The van der Waals surface area contributed by atoms with Gasteiger partial charge >= 0.3 is 0 Å². The number of hydrogen-bond donors (Lipinski definition) is 1. The van der Waals surface area contributed by atoms with Crippen molar-refractivity contribution >= 4 is 46.0 Å². The van der Waals surface area contributed by atoms with Gasteiger partial charge in [0.2, 0.25) is 5.78 Å². The number of aromatic nitrogens is 1. The number of rotatable bonds is 6. The number of carbonyl (C=O) groups is 2. The van der Waals surface area contributed by atoms with E-state index in [2.05, 4.69) is 4.98 Å². The highest BCUT2D eigenvalue weighted by molar-refractivity contribution is 7.14. The van der Waals surface area contributed by atoms with Gasteiger partial charge in [0.15, 0.2) is 5.76 Å². The number of ether oxygens (including phenoxy) is 1. The second kappa shape index (κ2) is 9.12. The molecule has 2 heterocycles. The predicted octanol–water partition coefficient (Wildman–Crippen LogP) is 5.27. The number of thiazole rings is 1. The molecule has 1 aliphatic rings. The highest BCUT2D eigenvalue weighted by Gasteiger charge is 2.45. The van der Waals surface area contributed by atoms with Crippen LogP contribution in [0.1, 0.15) is 32.0 Å².